The van der Waals surface area contributed by atoms with Crippen molar-refractivity contribution in [2.24, 2.45) is 0 Å². The van der Waals surface area contributed by atoms with Crippen molar-refractivity contribution in [1.29, 1.82) is 5.26 Å². The van der Waals surface area contributed by atoms with E-state index in [0.717, 1.165) is 0 Å². The summed E-state index contributed by atoms with van der Waals surface area (Å²) < 4.78 is 9.76. The highest BCUT2D eigenvalue weighted by molar-refractivity contribution is 5.87. The van der Waals surface area contributed by atoms with Crippen molar-refractivity contribution in [2.45, 2.75) is 45.8 Å². The van der Waals surface area contributed by atoms with E-state index in [4.69, 9.17) is 10.00 Å². The Morgan fingerprint density at radius 2 is 2.04 bits per heavy atom. The highest BCUT2D eigenvalue weighted by Crippen LogP contribution is 2.14. The molecule has 0 aliphatic heterocycles. The minimum Gasteiger partial charge on any atom is -0.464 e. The van der Waals surface area contributed by atoms with Crippen molar-refractivity contribution in [3.63, 3.8) is 0 Å². The molecule has 8 nitrogen and oxygen atoms in total. The highest BCUT2D eigenvalue weighted by atomic mass is 16.6. The first kappa shape index (κ1) is 20.2. The summed E-state index contributed by atoms with van der Waals surface area (Å²) >= 11 is 0. The summed E-state index contributed by atoms with van der Waals surface area (Å²) in [5, 5.41) is 15.0. The Labute approximate surface area is 147 Å². The molecular weight excluding hydrogens is 324 g/mol. The van der Waals surface area contributed by atoms with Crippen LogP contribution in [0.4, 0.5) is 10.5 Å². The Morgan fingerprint density at radius 3 is 2.60 bits per heavy atom. The number of aromatic nitrogens is 1. The molecule has 0 aliphatic carbocycles. The van der Waals surface area contributed by atoms with Crippen LogP contribution in [0.1, 0.15) is 50.3 Å². The Hall–Kier alpha value is -2.82. The molecular formula is C17H24N4O4. The van der Waals surface area contributed by atoms with Gasteiger partial charge in [-0.25, -0.2) is 14.6 Å². The van der Waals surface area contributed by atoms with Crippen LogP contribution in [0.2, 0.25) is 0 Å². The van der Waals surface area contributed by atoms with Gasteiger partial charge in [0.15, 0.2) is 5.69 Å². The van der Waals surface area contributed by atoms with Crippen LogP contribution in [0.15, 0.2) is 12.1 Å². The molecule has 0 fully saturated rings. The molecule has 8 heteroatoms. The standard InChI is InChI=1S/C17H24N4O4/c1-11(20-16(23)25-17(2,3)4)8-9-19-12-6-7-13(15(22)24-5)21-14(12)10-18/h6-7,11,19H,8-9H2,1-5H3,(H,20,23). The number of amides is 1. The van der Waals surface area contributed by atoms with Gasteiger partial charge >= 0.3 is 12.1 Å². The Morgan fingerprint density at radius 1 is 1.36 bits per heavy atom. The van der Waals surface area contributed by atoms with Gasteiger partial charge in [-0.15, -0.1) is 0 Å². The summed E-state index contributed by atoms with van der Waals surface area (Å²) in [6.07, 6.45) is 0.143. The number of ether oxygens (including phenoxy) is 2. The molecule has 0 aliphatic rings. The molecule has 1 aromatic rings. The van der Waals surface area contributed by atoms with Gasteiger partial charge in [-0.05, 0) is 46.2 Å². The lowest BCUT2D eigenvalue weighted by molar-refractivity contribution is 0.0506. The van der Waals surface area contributed by atoms with E-state index in [1.54, 1.807) is 26.8 Å². The number of hydrogen-bond donors (Lipinski definition) is 2. The number of nitrogens with one attached hydrogen (secondary N) is 2. The van der Waals surface area contributed by atoms with Gasteiger partial charge in [0, 0.05) is 12.6 Å². The Bertz CT molecular complexity index is 662. The van der Waals surface area contributed by atoms with Crippen LogP contribution in [-0.4, -0.2) is 42.3 Å². The number of pyridine rings is 1. The molecule has 1 unspecified atom stereocenters. The monoisotopic (exact) mass is 348 g/mol. The fourth-order valence-corrected chi connectivity index (χ4v) is 1.91. The summed E-state index contributed by atoms with van der Waals surface area (Å²) in [7, 11) is 1.25. The number of hydrogen-bond acceptors (Lipinski definition) is 7. The minimum absolute atomic E-state index is 0.0737. The van der Waals surface area contributed by atoms with Gasteiger partial charge in [-0.2, -0.15) is 5.26 Å². The maximum atomic E-state index is 11.7. The van der Waals surface area contributed by atoms with Crippen LogP contribution in [0.25, 0.3) is 0 Å². The van der Waals surface area contributed by atoms with Gasteiger partial charge in [0.1, 0.15) is 17.4 Å². The van der Waals surface area contributed by atoms with Gasteiger partial charge < -0.3 is 20.1 Å². The van der Waals surface area contributed by atoms with E-state index in [0.29, 0.717) is 18.7 Å². The molecule has 0 saturated heterocycles. The lowest BCUT2D eigenvalue weighted by Gasteiger charge is -2.22. The average molecular weight is 348 g/mol. The lowest BCUT2D eigenvalue weighted by Crippen LogP contribution is -2.38. The van der Waals surface area contributed by atoms with Crippen molar-refractivity contribution in [2.75, 3.05) is 19.0 Å². The van der Waals surface area contributed by atoms with Crippen molar-refractivity contribution in [3.05, 3.63) is 23.5 Å². The molecule has 1 aromatic heterocycles. The van der Waals surface area contributed by atoms with Crippen LogP contribution in [0, 0.1) is 11.3 Å². The second-order valence-corrected chi connectivity index (χ2v) is 6.46. The third-order valence-corrected chi connectivity index (χ3v) is 3.05. The van der Waals surface area contributed by atoms with Gasteiger partial charge in [0.05, 0.1) is 12.8 Å². The van der Waals surface area contributed by atoms with Gasteiger partial charge in [-0.3, -0.25) is 0 Å². The van der Waals surface area contributed by atoms with Gasteiger partial charge in [0.2, 0.25) is 0 Å². The summed E-state index contributed by atoms with van der Waals surface area (Å²) in [6.45, 7) is 7.76. The lowest BCUT2D eigenvalue weighted by atomic mass is 10.2. The molecule has 136 valence electrons. The van der Waals surface area contributed by atoms with E-state index in [9.17, 15) is 9.59 Å². The molecule has 25 heavy (non-hydrogen) atoms. The predicted molar refractivity (Wildman–Crippen MR) is 92.2 cm³/mol. The third-order valence-electron chi connectivity index (χ3n) is 3.05. The zero-order valence-electron chi connectivity index (χ0n) is 15.2. The second-order valence-electron chi connectivity index (χ2n) is 6.46. The van der Waals surface area contributed by atoms with Crippen molar-refractivity contribution in [1.82, 2.24) is 10.3 Å². The number of anilines is 1. The quantitative estimate of drug-likeness (QED) is 0.759. The van der Waals surface area contributed by atoms with E-state index in [2.05, 4.69) is 20.4 Å². The van der Waals surface area contributed by atoms with E-state index in [-0.39, 0.29) is 17.4 Å². The maximum absolute atomic E-state index is 11.7. The number of esters is 1. The van der Waals surface area contributed by atoms with Crippen LogP contribution in [0.3, 0.4) is 0 Å². The van der Waals surface area contributed by atoms with Crippen LogP contribution in [0.5, 0.6) is 0 Å². The summed E-state index contributed by atoms with van der Waals surface area (Å²) in [5.74, 6) is -0.599. The molecule has 0 aromatic carbocycles. The number of nitriles is 1. The number of carbonyl (C=O) groups excluding carboxylic acids is 2. The Kier molecular flexibility index (Phi) is 7.18. The average Bonchev–Trinajstić information content (AvgIpc) is 2.52. The molecule has 0 saturated carbocycles. The summed E-state index contributed by atoms with van der Waals surface area (Å²) in [4.78, 5) is 27.1. The zero-order chi connectivity index (χ0) is 19.0. The normalized spacial score (nSPS) is 11.8. The number of alkyl carbamates (subject to hydrolysis) is 1. The zero-order valence-corrected chi connectivity index (χ0v) is 15.2. The number of nitrogens with zero attached hydrogens (tertiary/aromatic N) is 2. The first-order valence-corrected chi connectivity index (χ1v) is 7.89. The summed E-state index contributed by atoms with van der Waals surface area (Å²) in [6, 6.07) is 4.91. The van der Waals surface area contributed by atoms with E-state index >= 15 is 0 Å². The molecule has 1 heterocycles. The largest absolute Gasteiger partial charge is 0.464 e. The number of methoxy groups -OCH3 is 1. The highest BCUT2D eigenvalue weighted by Gasteiger charge is 2.17. The van der Waals surface area contributed by atoms with E-state index in [1.807, 2.05) is 13.0 Å². The smallest absolute Gasteiger partial charge is 0.407 e. The van der Waals surface area contributed by atoms with E-state index < -0.39 is 17.7 Å². The fraction of sp³-hybridized carbons (Fsp3) is 0.529. The minimum atomic E-state index is -0.599. The van der Waals surface area contributed by atoms with Crippen LogP contribution in [-0.2, 0) is 9.47 Å². The molecule has 1 atom stereocenters. The van der Waals surface area contributed by atoms with Crippen molar-refractivity contribution < 1.29 is 19.1 Å². The Balaban J connectivity index is 2.54. The maximum Gasteiger partial charge on any atom is 0.407 e. The van der Waals surface area contributed by atoms with Gasteiger partial charge in [0.25, 0.3) is 0 Å². The fourth-order valence-electron chi connectivity index (χ4n) is 1.91. The first-order chi connectivity index (χ1) is 11.7. The van der Waals surface area contributed by atoms with E-state index in [1.165, 1.54) is 13.2 Å². The number of carbonyl (C=O) groups is 2. The van der Waals surface area contributed by atoms with Gasteiger partial charge in [-0.1, -0.05) is 0 Å². The molecule has 0 radical (unpaired) electrons. The SMILES string of the molecule is COC(=O)c1ccc(NCCC(C)NC(=O)OC(C)(C)C)c(C#N)n1. The molecule has 0 bridgehead atoms. The number of rotatable bonds is 6. The molecule has 1 rings (SSSR count). The van der Waals surface area contributed by atoms with Crippen molar-refractivity contribution >= 4 is 17.7 Å². The molecule has 1 amide bonds. The molecule has 2 N–H and O–H groups in total. The molecule has 0 spiro atoms. The van der Waals surface area contributed by atoms with Crippen molar-refractivity contribution in [3.8, 4) is 6.07 Å². The summed E-state index contributed by atoms with van der Waals surface area (Å²) in [5.41, 5.74) is 0.149. The first-order valence-electron chi connectivity index (χ1n) is 7.89. The topological polar surface area (TPSA) is 113 Å². The van der Waals surface area contributed by atoms with Crippen LogP contribution < -0.4 is 10.6 Å². The van der Waals surface area contributed by atoms with Crippen LogP contribution >= 0.6 is 0 Å². The third kappa shape index (κ3) is 7.08. The predicted octanol–water partition coefficient (Wildman–Crippen LogP) is 2.46. The second kappa shape index (κ2) is 8.87.